The first-order valence-corrected chi connectivity index (χ1v) is 13.0. The maximum atomic E-state index is 12.9. The van der Waals surface area contributed by atoms with Gasteiger partial charge in [-0.05, 0) is 72.9 Å². The Morgan fingerprint density at radius 2 is 1.45 bits per heavy atom. The van der Waals surface area contributed by atoms with Crippen LogP contribution in [-0.4, -0.2) is 11.7 Å². The molecule has 5 rings (SSSR count). The van der Waals surface area contributed by atoms with Crippen molar-refractivity contribution in [1.82, 2.24) is 9.88 Å². The number of pyridine rings is 1. The molecule has 0 aliphatic rings. The van der Waals surface area contributed by atoms with Crippen LogP contribution in [0.1, 0.15) is 46.8 Å². The van der Waals surface area contributed by atoms with Crippen LogP contribution in [0.4, 0.5) is 0 Å². The number of aromatic nitrogens is 1. The fraction of sp³-hybridized carbons (Fsp3) is 0.206. The van der Waals surface area contributed by atoms with Gasteiger partial charge in [0.2, 0.25) is 0 Å². The van der Waals surface area contributed by atoms with Crippen molar-refractivity contribution in [1.29, 1.82) is 0 Å². The summed E-state index contributed by atoms with van der Waals surface area (Å²) in [6.07, 6.45) is 0. The normalized spacial score (nSPS) is 12.9. The largest absolute Gasteiger partial charge is 0.497 e. The summed E-state index contributed by atoms with van der Waals surface area (Å²) in [6.45, 7) is 6.37. The average molecular weight is 503 g/mol. The van der Waals surface area contributed by atoms with Gasteiger partial charge in [0, 0.05) is 24.5 Å². The number of rotatable bonds is 7. The summed E-state index contributed by atoms with van der Waals surface area (Å²) in [5.74, 6) is 0.847. The third-order valence-electron chi connectivity index (χ3n) is 7.38. The predicted octanol–water partition coefficient (Wildman–Crippen LogP) is 7.27. The van der Waals surface area contributed by atoms with Crippen LogP contribution in [0.5, 0.6) is 5.75 Å². The summed E-state index contributed by atoms with van der Waals surface area (Å²) in [6, 6.07) is 33.5. The summed E-state index contributed by atoms with van der Waals surface area (Å²) in [5.41, 5.74) is 8.84. The molecule has 38 heavy (non-hydrogen) atoms. The van der Waals surface area contributed by atoms with Crippen molar-refractivity contribution in [3.63, 3.8) is 0 Å². The van der Waals surface area contributed by atoms with Gasteiger partial charge in [0.25, 0.3) is 5.56 Å². The minimum Gasteiger partial charge on any atom is -0.497 e. The zero-order valence-corrected chi connectivity index (χ0v) is 22.7. The SMILES string of the molecule is COc1ccc([C@H](C)N[C@H](c2ccc(C)cc2)c2ccc3c(c2)c(-c2cccc(C)c2)cc(=O)n3C)cc1. The Kier molecular flexibility index (Phi) is 7.17. The van der Waals surface area contributed by atoms with Gasteiger partial charge < -0.3 is 9.30 Å². The Morgan fingerprint density at radius 1 is 0.763 bits per heavy atom. The Hall–Kier alpha value is -4.15. The van der Waals surface area contributed by atoms with Gasteiger partial charge in [0.15, 0.2) is 0 Å². The second-order valence-electron chi connectivity index (χ2n) is 10.1. The lowest BCUT2D eigenvalue weighted by atomic mass is 9.92. The van der Waals surface area contributed by atoms with E-state index in [9.17, 15) is 4.79 Å². The summed E-state index contributed by atoms with van der Waals surface area (Å²) in [7, 11) is 3.52. The molecule has 4 aromatic carbocycles. The van der Waals surface area contributed by atoms with Crippen molar-refractivity contribution in [2.24, 2.45) is 7.05 Å². The number of nitrogens with zero attached hydrogens (tertiary/aromatic N) is 1. The first kappa shape index (κ1) is 25.5. The number of fused-ring (bicyclic) bond motifs is 1. The Bertz CT molecular complexity index is 1630. The van der Waals surface area contributed by atoms with Crippen LogP contribution in [0, 0.1) is 13.8 Å². The lowest BCUT2D eigenvalue weighted by molar-refractivity contribution is 0.414. The molecule has 0 spiro atoms. The van der Waals surface area contributed by atoms with E-state index in [0.717, 1.165) is 33.3 Å². The van der Waals surface area contributed by atoms with Crippen molar-refractivity contribution in [2.45, 2.75) is 32.9 Å². The second kappa shape index (κ2) is 10.7. The second-order valence-corrected chi connectivity index (χ2v) is 10.1. The number of nitrogens with one attached hydrogen (secondary N) is 1. The zero-order valence-electron chi connectivity index (χ0n) is 22.7. The number of hydrogen-bond donors (Lipinski definition) is 1. The molecular formula is C34H34N2O2. The van der Waals surface area contributed by atoms with Crippen LogP contribution in [0.25, 0.3) is 22.0 Å². The van der Waals surface area contributed by atoms with Crippen LogP contribution in [0.2, 0.25) is 0 Å². The molecule has 0 aliphatic heterocycles. The number of benzene rings is 4. The maximum absolute atomic E-state index is 12.9. The molecule has 0 aliphatic carbocycles. The first-order chi connectivity index (χ1) is 18.3. The molecular weight excluding hydrogens is 468 g/mol. The zero-order chi connectivity index (χ0) is 26.8. The van der Waals surface area contributed by atoms with Gasteiger partial charge in [0.05, 0.1) is 18.7 Å². The van der Waals surface area contributed by atoms with E-state index in [1.165, 1.54) is 22.3 Å². The third kappa shape index (κ3) is 5.13. The third-order valence-corrected chi connectivity index (χ3v) is 7.38. The van der Waals surface area contributed by atoms with E-state index < -0.39 is 0 Å². The Morgan fingerprint density at radius 3 is 2.13 bits per heavy atom. The monoisotopic (exact) mass is 502 g/mol. The van der Waals surface area contributed by atoms with Crippen LogP contribution in [0.15, 0.2) is 102 Å². The molecule has 0 bridgehead atoms. The Labute approximate surface area is 224 Å². The Balaban J connectivity index is 1.64. The van der Waals surface area contributed by atoms with E-state index in [1.807, 2.05) is 25.2 Å². The molecule has 0 amide bonds. The van der Waals surface area contributed by atoms with Crippen molar-refractivity contribution in [3.05, 3.63) is 135 Å². The number of methoxy groups -OCH3 is 1. The van der Waals surface area contributed by atoms with Gasteiger partial charge in [-0.15, -0.1) is 0 Å². The smallest absolute Gasteiger partial charge is 0.251 e. The van der Waals surface area contributed by atoms with E-state index in [0.29, 0.717) is 0 Å². The van der Waals surface area contributed by atoms with Gasteiger partial charge in [0.1, 0.15) is 5.75 Å². The number of aryl methyl sites for hydroxylation is 3. The van der Waals surface area contributed by atoms with Crippen molar-refractivity contribution in [2.75, 3.05) is 7.11 Å². The van der Waals surface area contributed by atoms with Gasteiger partial charge in [-0.3, -0.25) is 10.1 Å². The minimum atomic E-state index is -0.0419. The van der Waals surface area contributed by atoms with Crippen molar-refractivity contribution < 1.29 is 4.74 Å². The average Bonchev–Trinajstić information content (AvgIpc) is 2.94. The molecule has 0 radical (unpaired) electrons. The van der Waals surface area contributed by atoms with E-state index >= 15 is 0 Å². The van der Waals surface area contributed by atoms with Gasteiger partial charge in [-0.25, -0.2) is 0 Å². The van der Waals surface area contributed by atoms with Crippen LogP contribution < -0.4 is 15.6 Å². The molecule has 0 saturated heterocycles. The topological polar surface area (TPSA) is 43.3 Å². The summed E-state index contributed by atoms with van der Waals surface area (Å²) >= 11 is 0. The van der Waals surface area contributed by atoms with E-state index in [2.05, 4.69) is 98.9 Å². The molecule has 1 aromatic heterocycles. The van der Waals surface area contributed by atoms with Gasteiger partial charge >= 0.3 is 0 Å². The van der Waals surface area contributed by atoms with Gasteiger partial charge in [-0.2, -0.15) is 0 Å². The fourth-order valence-corrected chi connectivity index (χ4v) is 5.09. The standard InChI is InChI=1S/C34H34N2O2/c1-22-9-11-26(12-10-22)34(35-24(3)25-13-16-29(38-5)17-14-25)28-15-18-32-31(20-28)30(21-33(37)36(32)4)27-8-6-7-23(2)19-27/h6-21,24,34-35H,1-5H3/t24-,34+/m0/s1. The highest BCUT2D eigenvalue weighted by atomic mass is 16.5. The molecule has 4 nitrogen and oxygen atoms in total. The molecule has 1 N–H and O–H groups in total. The quantitative estimate of drug-likeness (QED) is 0.254. The first-order valence-electron chi connectivity index (χ1n) is 13.0. The molecule has 1 heterocycles. The predicted molar refractivity (Wildman–Crippen MR) is 157 cm³/mol. The fourth-order valence-electron chi connectivity index (χ4n) is 5.09. The molecule has 0 unspecified atom stereocenters. The summed E-state index contributed by atoms with van der Waals surface area (Å²) in [5, 5.41) is 4.93. The molecule has 2 atom stereocenters. The van der Waals surface area contributed by atoms with Crippen molar-refractivity contribution in [3.8, 4) is 16.9 Å². The van der Waals surface area contributed by atoms with E-state index in [-0.39, 0.29) is 17.6 Å². The van der Waals surface area contributed by atoms with Crippen molar-refractivity contribution >= 4 is 10.9 Å². The van der Waals surface area contributed by atoms with Crippen LogP contribution in [-0.2, 0) is 7.05 Å². The summed E-state index contributed by atoms with van der Waals surface area (Å²) in [4.78, 5) is 12.9. The molecule has 192 valence electrons. The van der Waals surface area contributed by atoms with E-state index in [1.54, 1.807) is 17.7 Å². The molecule has 0 saturated carbocycles. The maximum Gasteiger partial charge on any atom is 0.251 e. The van der Waals surface area contributed by atoms with Gasteiger partial charge in [-0.1, -0.05) is 77.9 Å². The van der Waals surface area contributed by atoms with Crippen LogP contribution in [0.3, 0.4) is 0 Å². The lowest BCUT2D eigenvalue weighted by Crippen LogP contribution is -2.26. The number of ether oxygens (including phenoxy) is 1. The molecule has 4 heteroatoms. The highest BCUT2D eigenvalue weighted by molar-refractivity contribution is 5.95. The summed E-state index contributed by atoms with van der Waals surface area (Å²) < 4.78 is 7.08. The highest BCUT2D eigenvalue weighted by Gasteiger charge is 2.20. The molecule has 0 fully saturated rings. The highest BCUT2D eigenvalue weighted by Crippen LogP contribution is 2.33. The minimum absolute atomic E-state index is 0.0110. The van der Waals surface area contributed by atoms with Crippen LogP contribution >= 0.6 is 0 Å². The lowest BCUT2D eigenvalue weighted by Gasteiger charge is -2.26. The van der Waals surface area contributed by atoms with E-state index in [4.69, 9.17) is 4.74 Å². The number of hydrogen-bond acceptors (Lipinski definition) is 3. The molecule has 5 aromatic rings.